The number of para-hydroxylation sites is 2. The average Bonchev–Trinajstić information content (AvgIpc) is 3.38. The zero-order chi connectivity index (χ0) is 17.2. The molecule has 0 bridgehead atoms. The second kappa shape index (κ2) is 6.80. The number of fused-ring (bicyclic) bond motifs is 1. The third-order valence-corrected chi connectivity index (χ3v) is 5.57. The van der Waals surface area contributed by atoms with Crippen molar-refractivity contribution < 1.29 is 9.59 Å². The van der Waals surface area contributed by atoms with Gasteiger partial charge in [0.15, 0.2) is 5.78 Å². The van der Waals surface area contributed by atoms with Crippen LogP contribution in [0, 0.1) is 0 Å². The number of aromatic nitrogens is 2. The number of hydrogen-bond acceptors (Lipinski definition) is 4. The molecule has 1 amide bonds. The molecular weight excluding hydrogens is 334 g/mol. The molecule has 1 aliphatic heterocycles. The van der Waals surface area contributed by atoms with Crippen molar-refractivity contribution in [2.24, 2.45) is 0 Å². The summed E-state index contributed by atoms with van der Waals surface area (Å²) < 4.78 is 0. The molecule has 1 fully saturated rings. The number of benzene rings is 1. The fourth-order valence-corrected chi connectivity index (χ4v) is 4.10. The number of amides is 1. The molecule has 0 saturated carbocycles. The molecule has 1 saturated heterocycles. The summed E-state index contributed by atoms with van der Waals surface area (Å²) in [5.41, 5.74) is 1.91. The summed E-state index contributed by atoms with van der Waals surface area (Å²) >= 11 is 1.43. The van der Waals surface area contributed by atoms with Crippen molar-refractivity contribution in [3.8, 4) is 0 Å². The number of rotatable bonds is 5. The third-order valence-electron chi connectivity index (χ3n) is 4.66. The van der Waals surface area contributed by atoms with E-state index >= 15 is 0 Å². The highest BCUT2D eigenvalue weighted by Crippen LogP contribution is 2.32. The summed E-state index contributed by atoms with van der Waals surface area (Å²) in [6.45, 7) is 0.730. The van der Waals surface area contributed by atoms with Gasteiger partial charge in [0, 0.05) is 19.4 Å². The Labute approximate surface area is 149 Å². The summed E-state index contributed by atoms with van der Waals surface area (Å²) in [7, 11) is 0. The predicted octanol–water partition coefficient (Wildman–Crippen LogP) is 3.95. The molecule has 4 rings (SSSR count). The van der Waals surface area contributed by atoms with Crippen LogP contribution in [0.5, 0.6) is 0 Å². The van der Waals surface area contributed by atoms with Gasteiger partial charge in [0.2, 0.25) is 5.91 Å². The van der Waals surface area contributed by atoms with E-state index in [1.807, 2.05) is 46.7 Å². The molecular formula is C19H19N3O2S. The Balaban J connectivity index is 1.45. The van der Waals surface area contributed by atoms with Crippen LogP contribution in [0.25, 0.3) is 11.0 Å². The van der Waals surface area contributed by atoms with Gasteiger partial charge in [0.1, 0.15) is 5.82 Å². The minimum Gasteiger partial charge on any atom is -0.340 e. The average molecular weight is 353 g/mol. The van der Waals surface area contributed by atoms with Gasteiger partial charge in [-0.15, -0.1) is 11.3 Å². The number of likely N-dealkylation sites (tertiary alicyclic amines) is 1. The molecule has 1 atom stereocenters. The quantitative estimate of drug-likeness (QED) is 0.706. The van der Waals surface area contributed by atoms with Gasteiger partial charge < -0.3 is 9.88 Å². The van der Waals surface area contributed by atoms with E-state index in [4.69, 9.17) is 0 Å². The van der Waals surface area contributed by atoms with E-state index in [0.717, 1.165) is 41.1 Å². The predicted molar refractivity (Wildman–Crippen MR) is 97.7 cm³/mol. The lowest BCUT2D eigenvalue weighted by Crippen LogP contribution is -2.31. The molecule has 0 aliphatic carbocycles. The zero-order valence-corrected chi connectivity index (χ0v) is 14.6. The van der Waals surface area contributed by atoms with Crippen LogP contribution in [0.3, 0.4) is 0 Å². The number of H-pyrrole nitrogens is 1. The Morgan fingerprint density at radius 3 is 2.88 bits per heavy atom. The molecule has 6 heteroatoms. The molecule has 2 aromatic heterocycles. The maximum Gasteiger partial charge on any atom is 0.223 e. The number of thiophene rings is 1. The number of Topliss-reactive ketones (excluding diaryl/α,β-unsaturated/α-hetero) is 1. The standard InChI is InChI=1S/C19H19N3O2S/c23-16(17-8-4-12-25-17)9-10-18(24)22-11-3-7-15(22)19-20-13-5-1-2-6-14(13)21-19/h1-2,4-6,8,12,15H,3,7,9-11H2,(H,20,21). The van der Waals surface area contributed by atoms with E-state index in [1.165, 1.54) is 11.3 Å². The molecule has 3 heterocycles. The van der Waals surface area contributed by atoms with Gasteiger partial charge in [-0.2, -0.15) is 0 Å². The minimum atomic E-state index is -0.0169. The third kappa shape index (κ3) is 3.22. The van der Waals surface area contributed by atoms with Crippen LogP contribution < -0.4 is 0 Å². The Morgan fingerprint density at radius 1 is 1.20 bits per heavy atom. The molecule has 1 N–H and O–H groups in total. The first-order chi connectivity index (χ1) is 12.2. The highest BCUT2D eigenvalue weighted by atomic mass is 32.1. The lowest BCUT2D eigenvalue weighted by molar-refractivity contribution is -0.132. The zero-order valence-electron chi connectivity index (χ0n) is 13.8. The van der Waals surface area contributed by atoms with Crippen LogP contribution >= 0.6 is 11.3 Å². The van der Waals surface area contributed by atoms with E-state index in [0.29, 0.717) is 0 Å². The molecule has 0 radical (unpaired) electrons. The van der Waals surface area contributed by atoms with E-state index in [-0.39, 0.29) is 30.6 Å². The number of aromatic amines is 1. The largest absolute Gasteiger partial charge is 0.340 e. The van der Waals surface area contributed by atoms with Crippen molar-refractivity contribution in [2.75, 3.05) is 6.54 Å². The van der Waals surface area contributed by atoms with E-state index in [1.54, 1.807) is 0 Å². The molecule has 1 unspecified atom stereocenters. The summed E-state index contributed by atoms with van der Waals surface area (Å²) in [4.78, 5) is 35.4. The van der Waals surface area contributed by atoms with Crippen LogP contribution in [0.1, 0.15) is 47.2 Å². The number of carbonyl (C=O) groups is 2. The normalized spacial score (nSPS) is 17.3. The highest BCUT2D eigenvalue weighted by molar-refractivity contribution is 7.12. The second-order valence-electron chi connectivity index (χ2n) is 6.28. The summed E-state index contributed by atoms with van der Waals surface area (Å²) in [6.07, 6.45) is 2.40. The molecule has 3 aromatic rings. The van der Waals surface area contributed by atoms with Gasteiger partial charge >= 0.3 is 0 Å². The van der Waals surface area contributed by atoms with E-state index in [2.05, 4.69) is 9.97 Å². The van der Waals surface area contributed by atoms with Crippen molar-refractivity contribution in [3.05, 3.63) is 52.5 Å². The monoisotopic (exact) mass is 353 g/mol. The lowest BCUT2D eigenvalue weighted by atomic mass is 10.1. The molecule has 25 heavy (non-hydrogen) atoms. The first-order valence-corrected chi connectivity index (χ1v) is 9.41. The molecule has 128 valence electrons. The number of carbonyl (C=O) groups excluding carboxylic acids is 2. The SMILES string of the molecule is O=C(CCC(=O)N1CCCC1c1nc2ccccc2[nH]1)c1cccs1. The number of ketones is 1. The van der Waals surface area contributed by atoms with Crippen LogP contribution in [-0.2, 0) is 4.79 Å². The minimum absolute atomic E-state index is 0.0169. The fourth-order valence-electron chi connectivity index (χ4n) is 3.40. The van der Waals surface area contributed by atoms with Gasteiger partial charge in [0.25, 0.3) is 0 Å². The number of hydrogen-bond donors (Lipinski definition) is 1. The first kappa shape index (κ1) is 16.0. The van der Waals surface area contributed by atoms with E-state index in [9.17, 15) is 9.59 Å². The van der Waals surface area contributed by atoms with Crippen molar-refractivity contribution in [2.45, 2.75) is 31.7 Å². The van der Waals surface area contributed by atoms with Gasteiger partial charge in [-0.3, -0.25) is 9.59 Å². The molecule has 5 nitrogen and oxygen atoms in total. The van der Waals surface area contributed by atoms with Crippen LogP contribution in [0.2, 0.25) is 0 Å². The second-order valence-corrected chi connectivity index (χ2v) is 7.23. The smallest absolute Gasteiger partial charge is 0.223 e. The van der Waals surface area contributed by atoms with Gasteiger partial charge in [0.05, 0.1) is 22.0 Å². The number of nitrogens with zero attached hydrogens (tertiary/aromatic N) is 2. The fraction of sp³-hybridized carbons (Fsp3) is 0.316. The maximum absolute atomic E-state index is 12.7. The molecule has 0 spiro atoms. The summed E-state index contributed by atoms with van der Waals surface area (Å²) in [6, 6.07) is 11.5. The Hall–Kier alpha value is -2.47. The van der Waals surface area contributed by atoms with Gasteiger partial charge in [-0.05, 0) is 36.4 Å². The van der Waals surface area contributed by atoms with Crippen molar-refractivity contribution in [3.63, 3.8) is 0 Å². The Bertz CT molecular complexity index is 867. The Morgan fingerprint density at radius 2 is 2.08 bits per heavy atom. The topological polar surface area (TPSA) is 66.1 Å². The van der Waals surface area contributed by atoms with Gasteiger partial charge in [-0.25, -0.2) is 4.98 Å². The molecule has 1 aromatic carbocycles. The van der Waals surface area contributed by atoms with Crippen molar-refractivity contribution in [1.29, 1.82) is 0 Å². The number of imidazole rings is 1. The van der Waals surface area contributed by atoms with Crippen molar-refractivity contribution >= 4 is 34.1 Å². The Kier molecular flexibility index (Phi) is 4.36. The van der Waals surface area contributed by atoms with Crippen LogP contribution in [0.4, 0.5) is 0 Å². The lowest BCUT2D eigenvalue weighted by Gasteiger charge is -2.23. The molecule has 1 aliphatic rings. The highest BCUT2D eigenvalue weighted by Gasteiger charge is 2.32. The van der Waals surface area contributed by atoms with E-state index < -0.39 is 0 Å². The van der Waals surface area contributed by atoms with Crippen LogP contribution in [0.15, 0.2) is 41.8 Å². The maximum atomic E-state index is 12.7. The van der Waals surface area contributed by atoms with Crippen molar-refractivity contribution in [1.82, 2.24) is 14.9 Å². The summed E-state index contributed by atoms with van der Waals surface area (Å²) in [5, 5.41) is 1.88. The number of nitrogens with one attached hydrogen (secondary N) is 1. The van der Waals surface area contributed by atoms with Crippen LogP contribution in [-0.4, -0.2) is 33.1 Å². The first-order valence-electron chi connectivity index (χ1n) is 8.53. The van der Waals surface area contributed by atoms with Gasteiger partial charge in [-0.1, -0.05) is 18.2 Å². The summed E-state index contributed by atoms with van der Waals surface area (Å²) in [5.74, 6) is 0.923.